The third-order valence-electron chi connectivity index (χ3n) is 2.77. The molecular weight excluding hydrogens is 295 g/mol. The molecule has 2 N–H and O–H groups in total. The minimum atomic E-state index is -4.48. The molecule has 0 bridgehead atoms. The van der Waals surface area contributed by atoms with Crippen LogP contribution in [0.2, 0.25) is 5.02 Å². The Balaban J connectivity index is 2.88. The lowest BCUT2D eigenvalue weighted by Crippen LogP contribution is -2.29. The lowest BCUT2D eigenvalue weighted by molar-refractivity contribution is -0.138. The van der Waals surface area contributed by atoms with Crippen LogP contribution in [0.4, 0.5) is 18.9 Å². The Kier molecular flexibility index (Phi) is 5.68. The fourth-order valence-electron chi connectivity index (χ4n) is 1.66. The van der Waals surface area contributed by atoms with Crippen molar-refractivity contribution in [1.82, 2.24) is 0 Å². The standard InChI is InChI=1S/C13H15ClF3NO2/c1-2-3-4-11(12(19)20)18-10-6-5-8(7-9(10)14)13(15,16)17/h5-7,11,18H,2-4H2,1H3,(H,19,20). The molecule has 0 saturated carbocycles. The molecule has 0 aromatic heterocycles. The lowest BCUT2D eigenvalue weighted by Gasteiger charge is -2.17. The second-order valence-corrected chi connectivity index (χ2v) is 4.78. The normalized spacial score (nSPS) is 13.1. The molecule has 7 heteroatoms. The van der Waals surface area contributed by atoms with Crippen LogP contribution in [0.5, 0.6) is 0 Å². The van der Waals surface area contributed by atoms with Crippen LogP contribution in [0.15, 0.2) is 18.2 Å². The molecule has 0 aliphatic heterocycles. The largest absolute Gasteiger partial charge is 0.480 e. The first-order valence-corrected chi connectivity index (χ1v) is 6.49. The van der Waals surface area contributed by atoms with Crippen LogP contribution in [-0.2, 0) is 11.0 Å². The highest BCUT2D eigenvalue weighted by atomic mass is 35.5. The summed E-state index contributed by atoms with van der Waals surface area (Å²) in [5.41, 5.74) is -0.684. The third-order valence-corrected chi connectivity index (χ3v) is 3.08. The summed E-state index contributed by atoms with van der Waals surface area (Å²) in [6.07, 6.45) is -2.58. The van der Waals surface area contributed by atoms with Crippen molar-refractivity contribution in [2.24, 2.45) is 0 Å². The van der Waals surface area contributed by atoms with E-state index < -0.39 is 23.8 Å². The minimum Gasteiger partial charge on any atom is -0.480 e. The van der Waals surface area contributed by atoms with E-state index in [4.69, 9.17) is 16.7 Å². The van der Waals surface area contributed by atoms with Crippen molar-refractivity contribution in [3.63, 3.8) is 0 Å². The van der Waals surface area contributed by atoms with Gasteiger partial charge in [-0.2, -0.15) is 13.2 Å². The Morgan fingerprint density at radius 1 is 1.45 bits per heavy atom. The van der Waals surface area contributed by atoms with Gasteiger partial charge in [0.25, 0.3) is 0 Å². The van der Waals surface area contributed by atoms with E-state index in [-0.39, 0.29) is 10.7 Å². The number of unbranched alkanes of at least 4 members (excludes halogenated alkanes) is 1. The third kappa shape index (κ3) is 4.59. The van der Waals surface area contributed by atoms with Crippen molar-refractivity contribution in [3.05, 3.63) is 28.8 Å². The number of carboxylic acids is 1. The Bertz CT molecular complexity index is 477. The smallest absolute Gasteiger partial charge is 0.416 e. The first-order chi connectivity index (χ1) is 9.25. The zero-order valence-electron chi connectivity index (χ0n) is 10.8. The predicted octanol–water partition coefficient (Wildman–Crippen LogP) is 4.41. The number of aliphatic carboxylic acids is 1. The molecule has 20 heavy (non-hydrogen) atoms. The Labute approximate surface area is 119 Å². The van der Waals surface area contributed by atoms with E-state index in [9.17, 15) is 18.0 Å². The molecule has 0 saturated heterocycles. The molecule has 0 amide bonds. The SMILES string of the molecule is CCCCC(Nc1ccc(C(F)(F)F)cc1Cl)C(=O)O. The summed E-state index contributed by atoms with van der Waals surface area (Å²) in [5.74, 6) is -1.06. The van der Waals surface area contributed by atoms with E-state index >= 15 is 0 Å². The molecule has 1 rings (SSSR count). The van der Waals surface area contributed by atoms with Crippen molar-refractivity contribution < 1.29 is 23.1 Å². The topological polar surface area (TPSA) is 49.3 Å². The van der Waals surface area contributed by atoms with Crippen LogP contribution < -0.4 is 5.32 Å². The van der Waals surface area contributed by atoms with Gasteiger partial charge in [-0.15, -0.1) is 0 Å². The Hall–Kier alpha value is -1.43. The summed E-state index contributed by atoms with van der Waals surface area (Å²) in [6.45, 7) is 1.92. The molecule has 1 aromatic rings. The summed E-state index contributed by atoms with van der Waals surface area (Å²) in [5, 5.41) is 11.6. The summed E-state index contributed by atoms with van der Waals surface area (Å²) in [6, 6.07) is 1.92. The van der Waals surface area contributed by atoms with Gasteiger partial charge in [0.15, 0.2) is 0 Å². The lowest BCUT2D eigenvalue weighted by atomic mass is 10.1. The van der Waals surface area contributed by atoms with Gasteiger partial charge in [0.1, 0.15) is 6.04 Å². The number of hydrogen-bond donors (Lipinski definition) is 2. The second kappa shape index (κ2) is 6.83. The summed E-state index contributed by atoms with van der Waals surface area (Å²) >= 11 is 5.76. The Morgan fingerprint density at radius 2 is 2.10 bits per heavy atom. The molecule has 1 unspecified atom stereocenters. The molecule has 0 spiro atoms. The van der Waals surface area contributed by atoms with Crippen LogP contribution in [0.1, 0.15) is 31.7 Å². The molecule has 112 valence electrons. The van der Waals surface area contributed by atoms with Crippen molar-refractivity contribution in [2.45, 2.75) is 38.4 Å². The molecule has 0 fully saturated rings. The summed E-state index contributed by atoms with van der Waals surface area (Å²) < 4.78 is 37.5. The summed E-state index contributed by atoms with van der Waals surface area (Å²) in [7, 11) is 0. The van der Waals surface area contributed by atoms with Gasteiger partial charge >= 0.3 is 12.1 Å². The van der Waals surface area contributed by atoms with E-state index in [1.165, 1.54) is 0 Å². The monoisotopic (exact) mass is 309 g/mol. The fourth-order valence-corrected chi connectivity index (χ4v) is 1.90. The maximum atomic E-state index is 12.5. The maximum Gasteiger partial charge on any atom is 0.416 e. The van der Waals surface area contributed by atoms with Gasteiger partial charge in [-0.05, 0) is 24.6 Å². The van der Waals surface area contributed by atoms with Gasteiger partial charge in [0.05, 0.1) is 16.3 Å². The van der Waals surface area contributed by atoms with Crippen molar-refractivity contribution >= 4 is 23.3 Å². The van der Waals surface area contributed by atoms with Crippen molar-refractivity contribution in [3.8, 4) is 0 Å². The number of carboxylic acid groups (broad SMARTS) is 1. The van der Waals surface area contributed by atoms with Crippen LogP contribution in [0.3, 0.4) is 0 Å². The quantitative estimate of drug-likeness (QED) is 0.818. The highest BCUT2D eigenvalue weighted by Gasteiger charge is 2.31. The second-order valence-electron chi connectivity index (χ2n) is 4.37. The molecule has 0 aliphatic rings. The van der Waals surface area contributed by atoms with Crippen LogP contribution in [-0.4, -0.2) is 17.1 Å². The van der Waals surface area contributed by atoms with Gasteiger partial charge in [0.2, 0.25) is 0 Å². The molecule has 1 aromatic carbocycles. The average Bonchev–Trinajstić information content (AvgIpc) is 2.34. The van der Waals surface area contributed by atoms with E-state index in [0.29, 0.717) is 12.8 Å². The van der Waals surface area contributed by atoms with Gasteiger partial charge in [-0.3, -0.25) is 0 Å². The van der Waals surface area contributed by atoms with Gasteiger partial charge in [-0.1, -0.05) is 31.4 Å². The highest BCUT2D eigenvalue weighted by Crippen LogP contribution is 2.34. The fraction of sp³-hybridized carbons (Fsp3) is 0.462. The molecule has 0 radical (unpaired) electrons. The van der Waals surface area contributed by atoms with E-state index in [2.05, 4.69) is 5.32 Å². The zero-order valence-corrected chi connectivity index (χ0v) is 11.6. The minimum absolute atomic E-state index is 0.150. The van der Waals surface area contributed by atoms with Crippen molar-refractivity contribution in [2.75, 3.05) is 5.32 Å². The van der Waals surface area contributed by atoms with E-state index in [1.54, 1.807) is 0 Å². The van der Waals surface area contributed by atoms with Crippen molar-refractivity contribution in [1.29, 1.82) is 0 Å². The van der Waals surface area contributed by atoms with E-state index in [0.717, 1.165) is 24.6 Å². The number of rotatable bonds is 6. The molecule has 0 aliphatic carbocycles. The first kappa shape index (κ1) is 16.6. The summed E-state index contributed by atoms with van der Waals surface area (Å²) in [4.78, 5) is 11.1. The Morgan fingerprint density at radius 3 is 2.55 bits per heavy atom. The van der Waals surface area contributed by atoms with Gasteiger partial charge in [-0.25, -0.2) is 4.79 Å². The average molecular weight is 310 g/mol. The van der Waals surface area contributed by atoms with Crippen LogP contribution in [0, 0.1) is 0 Å². The number of alkyl halides is 3. The van der Waals surface area contributed by atoms with Gasteiger partial charge < -0.3 is 10.4 Å². The van der Waals surface area contributed by atoms with E-state index in [1.807, 2.05) is 6.92 Å². The van der Waals surface area contributed by atoms with Crippen LogP contribution >= 0.6 is 11.6 Å². The molecular formula is C13H15ClF3NO2. The number of halogens is 4. The number of carbonyl (C=O) groups is 1. The predicted molar refractivity (Wildman–Crippen MR) is 71.0 cm³/mol. The number of nitrogens with one attached hydrogen (secondary N) is 1. The number of hydrogen-bond acceptors (Lipinski definition) is 2. The molecule has 1 atom stereocenters. The molecule has 0 heterocycles. The number of anilines is 1. The highest BCUT2D eigenvalue weighted by molar-refractivity contribution is 6.33. The maximum absolute atomic E-state index is 12.5. The van der Waals surface area contributed by atoms with Crippen LogP contribution in [0.25, 0.3) is 0 Å². The zero-order chi connectivity index (χ0) is 15.3. The van der Waals surface area contributed by atoms with Gasteiger partial charge in [0, 0.05) is 0 Å². The number of benzene rings is 1. The molecule has 3 nitrogen and oxygen atoms in total. The first-order valence-electron chi connectivity index (χ1n) is 6.11.